The number of aromatic nitrogens is 3. The Kier molecular flexibility index (Phi) is 8.20. The average molecular weight is 464 g/mol. The van der Waals surface area contributed by atoms with Crippen molar-refractivity contribution in [1.29, 1.82) is 0 Å². The summed E-state index contributed by atoms with van der Waals surface area (Å²) in [5, 5.41) is 11.0. The van der Waals surface area contributed by atoms with Gasteiger partial charge in [-0.15, -0.1) is 24.0 Å². The molecule has 6 nitrogen and oxygen atoms in total. The maximum absolute atomic E-state index is 4.72. The number of rotatable bonds is 7. The zero-order valence-electron chi connectivity index (χ0n) is 14.9. The summed E-state index contributed by atoms with van der Waals surface area (Å²) in [6.07, 6.45) is 7.86. The highest BCUT2D eigenvalue weighted by molar-refractivity contribution is 14.0. The van der Waals surface area contributed by atoms with Crippen molar-refractivity contribution in [1.82, 2.24) is 25.0 Å². The largest absolute Gasteiger partial charge is 0.357 e. The van der Waals surface area contributed by atoms with E-state index in [4.69, 9.17) is 4.99 Å². The van der Waals surface area contributed by atoms with E-state index in [1.54, 1.807) is 6.20 Å². The summed E-state index contributed by atoms with van der Waals surface area (Å²) in [6.45, 7) is 5.22. The molecule has 1 aromatic carbocycles. The number of hydrogen-bond donors (Lipinski definition) is 2. The van der Waals surface area contributed by atoms with Gasteiger partial charge in [0.15, 0.2) is 5.96 Å². The molecule has 0 radical (unpaired) electrons. The molecule has 0 amide bonds. The molecule has 2 aromatic heterocycles. The summed E-state index contributed by atoms with van der Waals surface area (Å²) < 4.78 is 4.01. The van der Waals surface area contributed by atoms with E-state index >= 15 is 0 Å². The fraction of sp³-hybridized carbons (Fsp3) is 0.263. The highest BCUT2D eigenvalue weighted by Gasteiger charge is 2.04. The molecule has 0 spiro atoms. The molecule has 138 valence electrons. The molecule has 2 heterocycles. The number of guanidine groups is 1. The quantitative estimate of drug-likeness (QED) is 0.321. The Labute approximate surface area is 171 Å². The van der Waals surface area contributed by atoms with Crippen LogP contribution in [0, 0.1) is 0 Å². The maximum Gasteiger partial charge on any atom is 0.191 e. The molecule has 0 aliphatic carbocycles. The second-order valence-electron chi connectivity index (χ2n) is 5.62. The van der Waals surface area contributed by atoms with Crippen LogP contribution in [0.2, 0.25) is 0 Å². The summed E-state index contributed by atoms with van der Waals surface area (Å²) >= 11 is 0. The second-order valence-corrected chi connectivity index (χ2v) is 5.62. The summed E-state index contributed by atoms with van der Waals surface area (Å²) in [7, 11) is 0. The third-order valence-electron chi connectivity index (χ3n) is 3.82. The lowest BCUT2D eigenvalue weighted by Gasteiger charge is -2.13. The first-order valence-corrected chi connectivity index (χ1v) is 8.57. The van der Waals surface area contributed by atoms with Gasteiger partial charge in [0.05, 0.1) is 12.2 Å². The van der Waals surface area contributed by atoms with Gasteiger partial charge in [0.25, 0.3) is 0 Å². The van der Waals surface area contributed by atoms with E-state index in [2.05, 4.69) is 51.7 Å². The van der Waals surface area contributed by atoms with Crippen molar-refractivity contribution in [3.8, 4) is 5.69 Å². The topological polar surface area (TPSA) is 59.2 Å². The molecule has 3 rings (SSSR count). The Bertz CT molecular complexity index is 780. The lowest BCUT2D eigenvalue weighted by molar-refractivity contribution is 0.665. The molecule has 0 aliphatic rings. The Morgan fingerprint density at radius 3 is 2.58 bits per heavy atom. The van der Waals surface area contributed by atoms with Gasteiger partial charge in [0, 0.05) is 44.4 Å². The molecule has 0 saturated carbocycles. The Morgan fingerprint density at radius 1 is 1.04 bits per heavy atom. The van der Waals surface area contributed by atoms with Crippen LogP contribution in [0.15, 0.2) is 72.2 Å². The van der Waals surface area contributed by atoms with E-state index in [-0.39, 0.29) is 24.0 Å². The molecular weight excluding hydrogens is 439 g/mol. The summed E-state index contributed by atoms with van der Waals surface area (Å²) in [4.78, 5) is 4.72. The van der Waals surface area contributed by atoms with Gasteiger partial charge in [-0.05, 0) is 36.8 Å². The van der Waals surface area contributed by atoms with Gasteiger partial charge in [-0.2, -0.15) is 5.10 Å². The fourth-order valence-electron chi connectivity index (χ4n) is 2.61. The van der Waals surface area contributed by atoms with Gasteiger partial charge in [-0.1, -0.05) is 18.2 Å². The molecule has 0 fully saturated rings. The van der Waals surface area contributed by atoms with E-state index in [1.807, 2.05) is 41.2 Å². The van der Waals surface area contributed by atoms with Gasteiger partial charge in [-0.25, -0.2) is 9.67 Å². The van der Waals surface area contributed by atoms with Crippen LogP contribution in [0.3, 0.4) is 0 Å². The van der Waals surface area contributed by atoms with Gasteiger partial charge in [0.2, 0.25) is 0 Å². The Hall–Kier alpha value is -2.29. The van der Waals surface area contributed by atoms with E-state index in [0.29, 0.717) is 6.54 Å². The van der Waals surface area contributed by atoms with Crippen molar-refractivity contribution in [2.45, 2.75) is 20.0 Å². The maximum atomic E-state index is 4.72. The zero-order chi connectivity index (χ0) is 17.3. The van der Waals surface area contributed by atoms with Crippen LogP contribution < -0.4 is 10.6 Å². The van der Waals surface area contributed by atoms with Crippen LogP contribution in [0.1, 0.15) is 12.5 Å². The van der Waals surface area contributed by atoms with Crippen molar-refractivity contribution in [3.63, 3.8) is 0 Å². The lowest BCUT2D eigenvalue weighted by Crippen LogP contribution is -2.38. The van der Waals surface area contributed by atoms with Gasteiger partial charge in [0.1, 0.15) is 0 Å². The highest BCUT2D eigenvalue weighted by Crippen LogP contribution is 2.14. The number of nitrogens with zero attached hydrogens (tertiary/aromatic N) is 4. The Balaban J connectivity index is 0.00000243. The molecular formula is C19H25IN6. The van der Waals surface area contributed by atoms with Gasteiger partial charge >= 0.3 is 0 Å². The summed E-state index contributed by atoms with van der Waals surface area (Å²) in [6, 6.07) is 14.2. The van der Waals surface area contributed by atoms with Crippen LogP contribution in [-0.2, 0) is 13.1 Å². The number of para-hydroxylation sites is 1. The van der Waals surface area contributed by atoms with Crippen LogP contribution in [-0.4, -0.2) is 33.4 Å². The molecule has 2 N–H and O–H groups in total. The summed E-state index contributed by atoms with van der Waals surface area (Å²) in [5.41, 5.74) is 2.19. The second kappa shape index (κ2) is 10.6. The minimum Gasteiger partial charge on any atom is -0.357 e. The number of nitrogens with one attached hydrogen (secondary N) is 2. The fourth-order valence-corrected chi connectivity index (χ4v) is 2.61. The molecule has 7 heteroatoms. The van der Waals surface area contributed by atoms with Crippen molar-refractivity contribution in [2.75, 3.05) is 13.1 Å². The van der Waals surface area contributed by atoms with Crippen LogP contribution in [0.5, 0.6) is 0 Å². The predicted molar refractivity (Wildman–Crippen MR) is 116 cm³/mol. The smallest absolute Gasteiger partial charge is 0.191 e. The first-order chi connectivity index (χ1) is 12.4. The normalized spacial score (nSPS) is 11.0. The molecule has 26 heavy (non-hydrogen) atoms. The van der Waals surface area contributed by atoms with Crippen molar-refractivity contribution < 1.29 is 0 Å². The molecule has 0 aliphatic heterocycles. The van der Waals surface area contributed by atoms with Crippen molar-refractivity contribution in [2.24, 2.45) is 4.99 Å². The Morgan fingerprint density at radius 2 is 1.85 bits per heavy atom. The molecule has 0 atom stereocenters. The zero-order valence-corrected chi connectivity index (χ0v) is 17.2. The number of aliphatic imine (C=N–C) groups is 1. The van der Waals surface area contributed by atoms with E-state index in [0.717, 1.165) is 36.8 Å². The van der Waals surface area contributed by atoms with E-state index in [9.17, 15) is 0 Å². The van der Waals surface area contributed by atoms with Gasteiger partial charge < -0.3 is 15.2 Å². The third-order valence-corrected chi connectivity index (χ3v) is 3.82. The first kappa shape index (κ1) is 20.0. The number of hydrogen-bond acceptors (Lipinski definition) is 2. The van der Waals surface area contributed by atoms with Crippen LogP contribution in [0.4, 0.5) is 0 Å². The number of benzene rings is 1. The van der Waals surface area contributed by atoms with Crippen molar-refractivity contribution >= 4 is 29.9 Å². The lowest BCUT2D eigenvalue weighted by atomic mass is 10.2. The van der Waals surface area contributed by atoms with Crippen LogP contribution in [0.25, 0.3) is 5.69 Å². The van der Waals surface area contributed by atoms with E-state index in [1.165, 1.54) is 0 Å². The molecule has 0 unspecified atom stereocenters. The molecule has 3 aromatic rings. The average Bonchev–Trinajstić information content (AvgIpc) is 3.34. The van der Waals surface area contributed by atoms with E-state index < -0.39 is 0 Å². The molecule has 0 bridgehead atoms. The SMILES string of the molecule is CCNC(=NCc1ccccc1-n1cccn1)NCCn1cccc1.I. The summed E-state index contributed by atoms with van der Waals surface area (Å²) in [5.74, 6) is 0.824. The minimum absolute atomic E-state index is 0. The highest BCUT2D eigenvalue weighted by atomic mass is 127. The number of halogens is 1. The van der Waals surface area contributed by atoms with Crippen LogP contribution >= 0.6 is 24.0 Å². The monoisotopic (exact) mass is 464 g/mol. The minimum atomic E-state index is 0. The predicted octanol–water partition coefficient (Wildman–Crippen LogP) is 3.05. The third kappa shape index (κ3) is 5.62. The molecule has 0 saturated heterocycles. The first-order valence-electron chi connectivity index (χ1n) is 8.57. The van der Waals surface area contributed by atoms with Crippen molar-refractivity contribution in [3.05, 3.63) is 72.8 Å². The standard InChI is InChI=1S/C19H24N6.HI/c1-2-20-19(21-11-15-24-12-5-6-13-24)22-16-17-8-3-4-9-18(17)25-14-7-10-23-25;/h3-10,12-14H,2,11,15-16H2,1H3,(H2,20,21,22);1H. The van der Waals surface area contributed by atoms with Gasteiger partial charge in [-0.3, -0.25) is 0 Å².